The van der Waals surface area contributed by atoms with Crippen molar-refractivity contribution in [3.05, 3.63) is 24.3 Å². The third-order valence-electron chi connectivity index (χ3n) is 3.10. The molecule has 24 heavy (non-hydrogen) atoms. The molecule has 4 amide bonds. The molecule has 2 rings (SSSR count). The zero-order valence-electron chi connectivity index (χ0n) is 12.7. The Hall–Kier alpha value is -2.98. The maximum absolute atomic E-state index is 11.7. The minimum Gasteiger partial charge on any atom is -0.329 e. The summed E-state index contributed by atoms with van der Waals surface area (Å²) in [7, 11) is 0. The fourth-order valence-corrected chi connectivity index (χ4v) is 1.96. The average Bonchev–Trinajstić information content (AvgIpc) is 2.89. The van der Waals surface area contributed by atoms with Gasteiger partial charge in [-0.15, -0.1) is 5.06 Å². The molecule has 4 N–H and O–H groups in total. The van der Waals surface area contributed by atoms with E-state index in [2.05, 4.69) is 15.6 Å². The van der Waals surface area contributed by atoms with Gasteiger partial charge in [0, 0.05) is 31.6 Å². The van der Waals surface area contributed by atoms with Gasteiger partial charge in [-0.3, -0.25) is 19.7 Å². The van der Waals surface area contributed by atoms with Crippen molar-refractivity contribution in [2.75, 3.05) is 23.4 Å². The zero-order valence-corrected chi connectivity index (χ0v) is 12.7. The zero-order chi connectivity index (χ0) is 17.5. The summed E-state index contributed by atoms with van der Waals surface area (Å²) in [6.07, 6.45) is -0.312. The van der Waals surface area contributed by atoms with Gasteiger partial charge in [-0.25, -0.2) is 15.2 Å². The number of carbonyl (C=O) groups excluding carboxylic acids is 4. The summed E-state index contributed by atoms with van der Waals surface area (Å²) >= 11 is 0. The molecule has 10 heteroatoms. The van der Waals surface area contributed by atoms with E-state index in [-0.39, 0.29) is 12.8 Å². The Morgan fingerprint density at radius 1 is 1.25 bits per heavy atom. The highest BCUT2D eigenvalue weighted by Crippen LogP contribution is 2.17. The molecule has 10 nitrogen and oxygen atoms in total. The van der Waals surface area contributed by atoms with Crippen molar-refractivity contribution >= 4 is 35.7 Å². The van der Waals surface area contributed by atoms with Crippen molar-refractivity contribution in [3.8, 4) is 0 Å². The highest BCUT2D eigenvalue weighted by molar-refractivity contribution is 6.02. The van der Waals surface area contributed by atoms with Crippen molar-refractivity contribution in [2.24, 2.45) is 5.73 Å². The minimum atomic E-state index is -0.958. The second-order valence-electron chi connectivity index (χ2n) is 4.80. The number of nitrogens with two attached hydrogens (primary N) is 1. The molecule has 1 saturated heterocycles. The number of hydrogen-bond donors (Lipinski definition) is 3. The molecule has 1 fully saturated rings. The summed E-state index contributed by atoms with van der Waals surface area (Å²) in [5, 5.41) is 4.08. The molecule has 0 radical (unpaired) electrons. The van der Waals surface area contributed by atoms with Crippen molar-refractivity contribution in [1.29, 1.82) is 0 Å². The lowest BCUT2D eigenvalue weighted by atomic mass is 10.3. The van der Waals surface area contributed by atoms with Crippen LogP contribution in [0.25, 0.3) is 0 Å². The second kappa shape index (κ2) is 8.04. The van der Waals surface area contributed by atoms with Crippen LogP contribution >= 0.6 is 0 Å². The van der Waals surface area contributed by atoms with Crippen LogP contribution in [0, 0.1) is 0 Å². The Morgan fingerprint density at radius 2 is 1.88 bits per heavy atom. The van der Waals surface area contributed by atoms with Gasteiger partial charge in [0.05, 0.1) is 5.69 Å². The molecular formula is C14H17N5O5. The molecule has 0 spiro atoms. The van der Waals surface area contributed by atoms with Crippen molar-refractivity contribution < 1.29 is 24.0 Å². The first-order valence-electron chi connectivity index (χ1n) is 7.18. The number of amides is 4. The van der Waals surface area contributed by atoms with Gasteiger partial charge >= 0.3 is 6.09 Å². The monoisotopic (exact) mass is 335 g/mol. The standard InChI is InChI=1S/C14H17N5O5/c15-7-8-16-18(9-20)11-3-1-10(2-4-11)17-14(23)24-19-12(21)5-6-13(19)22/h1-4,9,16H,5-8,15H2,(H,17,23). The van der Waals surface area contributed by atoms with E-state index in [1.165, 1.54) is 17.1 Å². The summed E-state index contributed by atoms with van der Waals surface area (Å²) in [5.41, 5.74) is 9.07. The molecule has 0 aliphatic carbocycles. The van der Waals surface area contributed by atoms with E-state index >= 15 is 0 Å². The van der Waals surface area contributed by atoms with Crippen LogP contribution in [0.2, 0.25) is 0 Å². The maximum atomic E-state index is 11.7. The number of hydroxylamine groups is 2. The summed E-state index contributed by atoms with van der Waals surface area (Å²) in [6, 6.07) is 6.23. The van der Waals surface area contributed by atoms with E-state index in [0.717, 1.165) is 0 Å². The Morgan fingerprint density at radius 3 is 2.42 bits per heavy atom. The molecule has 1 heterocycles. The van der Waals surface area contributed by atoms with Gasteiger partial charge < -0.3 is 10.6 Å². The molecule has 1 aliphatic rings. The van der Waals surface area contributed by atoms with Crippen LogP contribution in [0.5, 0.6) is 0 Å². The summed E-state index contributed by atoms with van der Waals surface area (Å²) in [6.45, 7) is 0.784. The van der Waals surface area contributed by atoms with Crippen molar-refractivity contribution in [3.63, 3.8) is 0 Å². The number of anilines is 2. The lowest BCUT2D eigenvalue weighted by Crippen LogP contribution is -2.39. The normalized spacial score (nSPS) is 13.8. The predicted octanol–water partition coefficient (Wildman–Crippen LogP) is -0.275. The van der Waals surface area contributed by atoms with Gasteiger partial charge in [0.2, 0.25) is 6.41 Å². The molecule has 1 aromatic rings. The van der Waals surface area contributed by atoms with Crippen LogP contribution in [0.3, 0.4) is 0 Å². The molecule has 128 valence electrons. The average molecular weight is 335 g/mol. The molecular weight excluding hydrogens is 318 g/mol. The van der Waals surface area contributed by atoms with Crippen LogP contribution in [-0.4, -0.2) is 42.5 Å². The lowest BCUT2D eigenvalue weighted by molar-refractivity contribution is -0.170. The van der Waals surface area contributed by atoms with Crippen LogP contribution in [0.4, 0.5) is 16.2 Å². The first kappa shape index (κ1) is 17.4. The highest BCUT2D eigenvalue weighted by Gasteiger charge is 2.32. The predicted molar refractivity (Wildman–Crippen MR) is 83.2 cm³/mol. The third-order valence-corrected chi connectivity index (χ3v) is 3.10. The third kappa shape index (κ3) is 4.27. The first-order valence-corrected chi connectivity index (χ1v) is 7.18. The number of rotatable bonds is 7. The number of benzene rings is 1. The highest BCUT2D eigenvalue weighted by atomic mass is 16.7. The number of carbonyl (C=O) groups is 4. The van der Waals surface area contributed by atoms with E-state index in [1.54, 1.807) is 12.1 Å². The van der Waals surface area contributed by atoms with E-state index in [0.29, 0.717) is 35.9 Å². The van der Waals surface area contributed by atoms with Gasteiger partial charge in [-0.05, 0) is 24.3 Å². The van der Waals surface area contributed by atoms with E-state index in [4.69, 9.17) is 5.73 Å². The van der Waals surface area contributed by atoms with Crippen LogP contribution in [0.15, 0.2) is 24.3 Å². The Balaban J connectivity index is 1.93. The van der Waals surface area contributed by atoms with Crippen molar-refractivity contribution in [2.45, 2.75) is 12.8 Å². The fourth-order valence-electron chi connectivity index (χ4n) is 1.96. The topological polar surface area (TPSA) is 134 Å². The number of imide groups is 1. The SMILES string of the molecule is NCCNN(C=O)c1ccc(NC(=O)ON2C(=O)CCC2=O)cc1. The van der Waals surface area contributed by atoms with Crippen molar-refractivity contribution in [1.82, 2.24) is 10.5 Å². The van der Waals surface area contributed by atoms with Gasteiger partial charge in [-0.1, -0.05) is 0 Å². The first-order chi connectivity index (χ1) is 11.5. The number of hydrogen-bond acceptors (Lipinski definition) is 7. The Labute approximate surface area is 137 Å². The molecule has 0 atom stereocenters. The van der Waals surface area contributed by atoms with E-state index in [9.17, 15) is 19.2 Å². The molecule has 0 bridgehead atoms. The fraction of sp³-hybridized carbons (Fsp3) is 0.286. The Kier molecular flexibility index (Phi) is 5.82. The quantitative estimate of drug-likeness (QED) is 0.354. The number of nitrogens with one attached hydrogen (secondary N) is 2. The van der Waals surface area contributed by atoms with Crippen LogP contribution < -0.4 is 21.5 Å². The minimum absolute atomic E-state index is 0.0259. The van der Waals surface area contributed by atoms with E-state index < -0.39 is 17.9 Å². The molecule has 0 saturated carbocycles. The molecule has 1 aromatic carbocycles. The van der Waals surface area contributed by atoms with Gasteiger partial charge in [-0.2, -0.15) is 0 Å². The second-order valence-corrected chi connectivity index (χ2v) is 4.80. The summed E-state index contributed by atoms with van der Waals surface area (Å²) < 4.78 is 0. The molecule has 0 unspecified atom stereocenters. The molecule has 0 aromatic heterocycles. The maximum Gasteiger partial charge on any atom is 0.436 e. The number of nitrogens with zero attached hydrogens (tertiary/aromatic N) is 2. The van der Waals surface area contributed by atoms with Gasteiger partial charge in [0.25, 0.3) is 11.8 Å². The summed E-state index contributed by atoms with van der Waals surface area (Å²) in [4.78, 5) is 50.1. The largest absolute Gasteiger partial charge is 0.436 e. The molecule has 1 aliphatic heterocycles. The number of hydrazine groups is 1. The van der Waals surface area contributed by atoms with E-state index in [1.807, 2.05) is 0 Å². The van der Waals surface area contributed by atoms with Crippen LogP contribution in [-0.2, 0) is 19.2 Å². The lowest BCUT2D eigenvalue weighted by Gasteiger charge is -2.18. The van der Waals surface area contributed by atoms with Gasteiger partial charge in [0.1, 0.15) is 0 Å². The Bertz CT molecular complexity index is 617. The summed E-state index contributed by atoms with van der Waals surface area (Å²) in [5.74, 6) is -1.11. The smallest absolute Gasteiger partial charge is 0.329 e. The van der Waals surface area contributed by atoms with Crippen LogP contribution in [0.1, 0.15) is 12.8 Å². The van der Waals surface area contributed by atoms with Gasteiger partial charge in [0.15, 0.2) is 0 Å².